The highest BCUT2D eigenvalue weighted by atomic mass is 35.5. The van der Waals surface area contributed by atoms with Gasteiger partial charge in [0, 0.05) is 29.7 Å². The summed E-state index contributed by atoms with van der Waals surface area (Å²) in [7, 11) is 0. The Balaban J connectivity index is 1.81. The third kappa shape index (κ3) is 4.93. The lowest BCUT2D eigenvalue weighted by molar-refractivity contribution is -0.384. The molecule has 1 fully saturated rings. The molecule has 0 aliphatic carbocycles. The van der Waals surface area contributed by atoms with Gasteiger partial charge in [-0.2, -0.15) is 0 Å². The van der Waals surface area contributed by atoms with Gasteiger partial charge >= 0.3 is 0 Å². The highest BCUT2D eigenvalue weighted by molar-refractivity contribution is 6.31. The predicted molar refractivity (Wildman–Crippen MR) is 89.3 cm³/mol. The molecular weight excluding hydrogens is 302 g/mol. The number of nitro benzene ring substituents is 1. The number of unbranched alkanes of at least 4 members (excludes halogenated alkanes) is 1. The van der Waals surface area contributed by atoms with Crippen LogP contribution in [-0.2, 0) is 6.54 Å². The van der Waals surface area contributed by atoms with Crippen molar-refractivity contribution in [1.82, 2.24) is 10.2 Å². The Morgan fingerprint density at radius 1 is 1.41 bits per heavy atom. The fraction of sp³-hybridized carbons (Fsp3) is 0.625. The summed E-state index contributed by atoms with van der Waals surface area (Å²) in [6.07, 6.45) is 4.75. The molecule has 0 atom stereocenters. The Bertz CT molecular complexity index is 502. The van der Waals surface area contributed by atoms with E-state index in [1.165, 1.54) is 25.5 Å². The Kier molecular flexibility index (Phi) is 6.61. The van der Waals surface area contributed by atoms with Gasteiger partial charge in [-0.3, -0.25) is 10.1 Å². The third-order valence-electron chi connectivity index (χ3n) is 4.24. The molecule has 5 nitrogen and oxygen atoms in total. The second-order valence-corrected chi connectivity index (χ2v) is 6.29. The number of benzene rings is 1. The van der Waals surface area contributed by atoms with Crippen LogP contribution in [0.1, 0.15) is 38.2 Å². The van der Waals surface area contributed by atoms with Crippen molar-refractivity contribution in [3.8, 4) is 0 Å². The van der Waals surface area contributed by atoms with Crippen molar-refractivity contribution in [3.63, 3.8) is 0 Å². The molecule has 22 heavy (non-hydrogen) atoms. The smallest absolute Gasteiger partial charge is 0.269 e. The summed E-state index contributed by atoms with van der Waals surface area (Å²) in [5.41, 5.74) is 0.889. The van der Waals surface area contributed by atoms with E-state index in [9.17, 15) is 10.1 Å². The van der Waals surface area contributed by atoms with Crippen molar-refractivity contribution in [3.05, 3.63) is 38.9 Å². The third-order valence-corrected chi connectivity index (χ3v) is 4.61. The molecule has 122 valence electrons. The number of nitrogens with zero attached hydrogens (tertiary/aromatic N) is 2. The van der Waals surface area contributed by atoms with Gasteiger partial charge in [-0.05, 0) is 50.5 Å². The summed E-state index contributed by atoms with van der Waals surface area (Å²) in [6, 6.07) is 5.07. The standard InChI is InChI=1S/C16H24ClN3O2/c1-2-3-8-19-9-6-14(7-10-19)18-12-13-11-15(20(21)22)4-5-16(13)17/h4-5,11,14,18H,2-3,6-10,12H2,1H3. The highest BCUT2D eigenvalue weighted by Crippen LogP contribution is 2.22. The Morgan fingerprint density at radius 2 is 2.14 bits per heavy atom. The van der Waals surface area contributed by atoms with E-state index < -0.39 is 0 Å². The summed E-state index contributed by atoms with van der Waals surface area (Å²) < 4.78 is 0. The average molecular weight is 326 g/mol. The van der Waals surface area contributed by atoms with E-state index in [0.29, 0.717) is 17.6 Å². The predicted octanol–water partition coefficient (Wildman–Crippen LogP) is 3.60. The van der Waals surface area contributed by atoms with Gasteiger partial charge in [-0.1, -0.05) is 24.9 Å². The largest absolute Gasteiger partial charge is 0.310 e. The molecule has 1 aliphatic rings. The maximum absolute atomic E-state index is 10.8. The molecule has 0 aromatic heterocycles. The van der Waals surface area contributed by atoms with Gasteiger partial charge in [0.1, 0.15) is 0 Å². The van der Waals surface area contributed by atoms with Crippen molar-refractivity contribution in [1.29, 1.82) is 0 Å². The molecule has 2 rings (SSSR count). The number of hydrogen-bond donors (Lipinski definition) is 1. The number of nitrogens with one attached hydrogen (secondary N) is 1. The number of nitro groups is 1. The first-order valence-electron chi connectivity index (χ1n) is 7.98. The van der Waals surface area contributed by atoms with Crippen LogP contribution in [0.15, 0.2) is 18.2 Å². The summed E-state index contributed by atoms with van der Waals surface area (Å²) >= 11 is 6.13. The number of likely N-dealkylation sites (tertiary alicyclic amines) is 1. The zero-order valence-corrected chi connectivity index (χ0v) is 13.8. The Hall–Kier alpha value is -1.17. The van der Waals surface area contributed by atoms with Gasteiger partial charge in [0.2, 0.25) is 0 Å². The Labute approximate surface area is 136 Å². The number of rotatable bonds is 7. The van der Waals surface area contributed by atoms with Crippen molar-refractivity contribution in [2.45, 2.75) is 45.2 Å². The van der Waals surface area contributed by atoms with Crippen LogP contribution in [0.2, 0.25) is 5.02 Å². The molecule has 1 aromatic carbocycles. The van der Waals surface area contributed by atoms with E-state index in [1.807, 2.05) is 0 Å². The second-order valence-electron chi connectivity index (χ2n) is 5.88. The molecule has 0 radical (unpaired) electrons. The van der Waals surface area contributed by atoms with E-state index in [-0.39, 0.29) is 10.6 Å². The van der Waals surface area contributed by atoms with E-state index in [1.54, 1.807) is 12.1 Å². The van der Waals surface area contributed by atoms with Crippen LogP contribution >= 0.6 is 11.6 Å². The molecule has 1 aromatic rings. The van der Waals surface area contributed by atoms with Crippen LogP contribution in [0.25, 0.3) is 0 Å². The van der Waals surface area contributed by atoms with Crippen LogP contribution in [0.4, 0.5) is 5.69 Å². The minimum absolute atomic E-state index is 0.0931. The molecule has 1 aliphatic heterocycles. The maximum Gasteiger partial charge on any atom is 0.269 e. The molecule has 0 amide bonds. The highest BCUT2D eigenvalue weighted by Gasteiger charge is 2.19. The van der Waals surface area contributed by atoms with Crippen LogP contribution in [0, 0.1) is 10.1 Å². The zero-order chi connectivity index (χ0) is 15.9. The monoisotopic (exact) mass is 325 g/mol. The van der Waals surface area contributed by atoms with Crippen molar-refractivity contribution in [2.24, 2.45) is 0 Å². The minimum Gasteiger partial charge on any atom is -0.310 e. The Morgan fingerprint density at radius 3 is 2.77 bits per heavy atom. The SMILES string of the molecule is CCCCN1CCC(NCc2cc([N+](=O)[O-])ccc2Cl)CC1. The molecule has 1 N–H and O–H groups in total. The second kappa shape index (κ2) is 8.46. The first kappa shape index (κ1) is 17.2. The summed E-state index contributed by atoms with van der Waals surface area (Å²) in [5.74, 6) is 0. The van der Waals surface area contributed by atoms with Crippen LogP contribution in [-0.4, -0.2) is 35.5 Å². The summed E-state index contributed by atoms with van der Waals surface area (Å²) in [5, 5.41) is 14.9. The minimum atomic E-state index is -0.383. The van der Waals surface area contributed by atoms with Crippen LogP contribution < -0.4 is 5.32 Å². The van der Waals surface area contributed by atoms with E-state index in [4.69, 9.17) is 11.6 Å². The van der Waals surface area contributed by atoms with Crippen LogP contribution in [0.3, 0.4) is 0 Å². The number of non-ortho nitro benzene ring substituents is 1. The zero-order valence-electron chi connectivity index (χ0n) is 13.1. The first-order chi connectivity index (χ1) is 10.6. The molecule has 0 saturated carbocycles. The lowest BCUT2D eigenvalue weighted by Crippen LogP contribution is -2.42. The van der Waals surface area contributed by atoms with E-state index in [2.05, 4.69) is 17.1 Å². The van der Waals surface area contributed by atoms with E-state index >= 15 is 0 Å². The van der Waals surface area contributed by atoms with Gasteiger partial charge in [0.05, 0.1) is 4.92 Å². The molecule has 0 bridgehead atoms. The topological polar surface area (TPSA) is 58.4 Å². The molecule has 1 heterocycles. The normalized spacial score (nSPS) is 16.8. The lowest BCUT2D eigenvalue weighted by atomic mass is 10.0. The van der Waals surface area contributed by atoms with Gasteiger partial charge in [-0.25, -0.2) is 0 Å². The molecular formula is C16H24ClN3O2. The number of halogens is 1. The number of hydrogen-bond acceptors (Lipinski definition) is 4. The van der Waals surface area contributed by atoms with Crippen LogP contribution in [0.5, 0.6) is 0 Å². The molecule has 1 saturated heterocycles. The fourth-order valence-corrected chi connectivity index (χ4v) is 2.99. The molecule has 0 unspecified atom stereocenters. The average Bonchev–Trinajstić information content (AvgIpc) is 2.53. The summed E-state index contributed by atoms with van der Waals surface area (Å²) in [6.45, 7) is 6.25. The van der Waals surface area contributed by atoms with Gasteiger partial charge < -0.3 is 10.2 Å². The fourth-order valence-electron chi connectivity index (χ4n) is 2.81. The first-order valence-corrected chi connectivity index (χ1v) is 8.36. The van der Waals surface area contributed by atoms with Crippen molar-refractivity contribution in [2.75, 3.05) is 19.6 Å². The lowest BCUT2D eigenvalue weighted by Gasteiger charge is -2.32. The van der Waals surface area contributed by atoms with Gasteiger partial charge in [-0.15, -0.1) is 0 Å². The van der Waals surface area contributed by atoms with Gasteiger partial charge in [0.15, 0.2) is 0 Å². The summed E-state index contributed by atoms with van der Waals surface area (Å²) in [4.78, 5) is 13.0. The molecule has 6 heteroatoms. The maximum atomic E-state index is 10.8. The molecule has 0 spiro atoms. The number of piperidine rings is 1. The van der Waals surface area contributed by atoms with Gasteiger partial charge in [0.25, 0.3) is 5.69 Å². The van der Waals surface area contributed by atoms with Crippen molar-refractivity contribution < 1.29 is 4.92 Å². The van der Waals surface area contributed by atoms with Crippen molar-refractivity contribution >= 4 is 17.3 Å². The quantitative estimate of drug-likeness (QED) is 0.614. The van der Waals surface area contributed by atoms with E-state index in [0.717, 1.165) is 31.5 Å².